The molecule has 1 aromatic heterocycles. The number of phenolic OH excluding ortho intramolecular Hbond substituents is 1. The van der Waals surface area contributed by atoms with E-state index in [2.05, 4.69) is 27.7 Å². The molecule has 0 radical (unpaired) electrons. The molecule has 4 aliphatic heterocycles. The van der Waals surface area contributed by atoms with Crippen molar-refractivity contribution in [2.24, 2.45) is 0 Å². The first kappa shape index (κ1) is 36.7. The molecule has 0 unspecified atom stereocenters. The van der Waals surface area contributed by atoms with Crippen LogP contribution in [-0.2, 0) is 30.7 Å². The van der Waals surface area contributed by atoms with Crippen LogP contribution in [0.4, 0.5) is 11.4 Å². The molecule has 55 heavy (non-hydrogen) atoms. The fourth-order valence-electron chi connectivity index (χ4n) is 8.47. The van der Waals surface area contributed by atoms with Crippen molar-refractivity contribution in [3.63, 3.8) is 0 Å². The number of aromatic nitrogens is 1. The number of anilines is 2. The molecule has 10 nitrogen and oxygen atoms in total. The number of carbonyl (C=O) groups is 2. The molecule has 4 aromatic carbocycles. The Morgan fingerprint density at radius 2 is 1.44 bits per heavy atom. The van der Waals surface area contributed by atoms with Crippen molar-refractivity contribution in [2.75, 3.05) is 51.0 Å². The van der Waals surface area contributed by atoms with Gasteiger partial charge in [-0.3, -0.25) is 19.4 Å². The number of aromatic hydroxyl groups is 1. The standard InChI is InChI=1S/C44H44N4O6.ClH/c49-35-15-13-33(14-16-35)48(32-10-2-1-3-11-32)44(51)38-25-40(46-17-7-6-12-39(38)46)36-26-41-42(54-23-22-53-41)27-37(36)43(50)47-28-31-9-5-4-8-30(31)24-34(47)29-45-18-20-52-21-19-45;/h1-5,8-11,13-16,25-27,34,49H,6-7,12,17-24,28-29H2;1H/t34-;/m0./s1. The molecule has 284 valence electrons. The molecule has 1 N–H and O–H groups in total. The fourth-order valence-corrected chi connectivity index (χ4v) is 8.47. The number of rotatable bonds is 7. The highest BCUT2D eigenvalue weighted by Crippen LogP contribution is 2.42. The lowest BCUT2D eigenvalue weighted by Gasteiger charge is -2.41. The zero-order valence-electron chi connectivity index (χ0n) is 30.7. The van der Waals surface area contributed by atoms with Crippen LogP contribution in [0.5, 0.6) is 17.2 Å². The normalized spacial score (nSPS) is 17.7. The highest BCUT2D eigenvalue weighted by Gasteiger charge is 2.36. The Balaban J connectivity index is 0.00000427. The third kappa shape index (κ3) is 7.17. The molecule has 0 aliphatic carbocycles. The van der Waals surface area contributed by atoms with Gasteiger partial charge in [-0.05, 0) is 91.4 Å². The van der Waals surface area contributed by atoms with Crippen LogP contribution in [0.1, 0.15) is 50.4 Å². The SMILES string of the molecule is Cl.O=C(c1cc(-c2cc3c(cc2C(=O)N2Cc4ccccc4C[C@H]2CN2CCOCC2)OCCO3)n2c1CCCC2)N(c1ccccc1)c1ccc(O)cc1. The van der Waals surface area contributed by atoms with Crippen molar-refractivity contribution in [2.45, 2.75) is 44.8 Å². The summed E-state index contributed by atoms with van der Waals surface area (Å²) in [5.41, 5.74) is 7.42. The van der Waals surface area contributed by atoms with Gasteiger partial charge in [-0.2, -0.15) is 0 Å². The second-order valence-electron chi connectivity index (χ2n) is 14.5. The topological polar surface area (TPSA) is 96.7 Å². The molecule has 4 aliphatic rings. The molecular weight excluding hydrogens is 716 g/mol. The van der Waals surface area contributed by atoms with Gasteiger partial charge >= 0.3 is 0 Å². The van der Waals surface area contributed by atoms with Crippen LogP contribution >= 0.6 is 12.4 Å². The first-order chi connectivity index (χ1) is 26.5. The van der Waals surface area contributed by atoms with Gasteiger partial charge in [0.15, 0.2) is 11.5 Å². The average molecular weight is 761 g/mol. The predicted molar refractivity (Wildman–Crippen MR) is 213 cm³/mol. The first-order valence-electron chi connectivity index (χ1n) is 19.0. The van der Waals surface area contributed by atoms with E-state index in [0.717, 1.165) is 80.1 Å². The number of carbonyl (C=O) groups excluding carboxylic acids is 2. The molecular formula is C44H45ClN4O6. The van der Waals surface area contributed by atoms with Crippen LogP contribution in [0.2, 0.25) is 0 Å². The minimum absolute atomic E-state index is 0. The number of ether oxygens (including phenoxy) is 3. The second kappa shape index (κ2) is 15.8. The number of halogens is 1. The van der Waals surface area contributed by atoms with Crippen LogP contribution in [0, 0.1) is 0 Å². The number of phenols is 1. The van der Waals surface area contributed by atoms with Crippen LogP contribution < -0.4 is 14.4 Å². The monoisotopic (exact) mass is 760 g/mol. The van der Waals surface area contributed by atoms with E-state index in [1.165, 1.54) is 5.56 Å². The van der Waals surface area contributed by atoms with Crippen molar-refractivity contribution in [1.29, 1.82) is 0 Å². The number of fused-ring (bicyclic) bond motifs is 3. The second-order valence-corrected chi connectivity index (χ2v) is 14.5. The Kier molecular flexibility index (Phi) is 10.6. The van der Waals surface area contributed by atoms with E-state index in [4.69, 9.17) is 14.2 Å². The summed E-state index contributed by atoms with van der Waals surface area (Å²) in [4.78, 5) is 36.3. The summed E-state index contributed by atoms with van der Waals surface area (Å²) in [6.07, 6.45) is 3.42. The zero-order valence-corrected chi connectivity index (χ0v) is 31.5. The minimum atomic E-state index is -0.174. The summed E-state index contributed by atoms with van der Waals surface area (Å²) in [7, 11) is 0. The van der Waals surface area contributed by atoms with Gasteiger partial charge < -0.3 is 28.8 Å². The largest absolute Gasteiger partial charge is 0.508 e. The fraction of sp³-hybridized carbons (Fsp3) is 0.318. The van der Waals surface area contributed by atoms with Gasteiger partial charge in [0.25, 0.3) is 11.8 Å². The summed E-state index contributed by atoms with van der Waals surface area (Å²) in [6.45, 7) is 5.88. The van der Waals surface area contributed by atoms with Crippen molar-refractivity contribution >= 4 is 35.6 Å². The minimum Gasteiger partial charge on any atom is -0.508 e. The van der Waals surface area contributed by atoms with E-state index >= 15 is 4.79 Å². The number of hydrogen-bond donors (Lipinski definition) is 1. The molecule has 9 rings (SSSR count). The van der Waals surface area contributed by atoms with Crippen LogP contribution in [0.15, 0.2) is 97.1 Å². The van der Waals surface area contributed by atoms with E-state index < -0.39 is 0 Å². The van der Waals surface area contributed by atoms with Crippen LogP contribution in [0.3, 0.4) is 0 Å². The molecule has 0 bridgehead atoms. The highest BCUT2D eigenvalue weighted by atomic mass is 35.5. The Hall–Kier alpha value is -5.29. The summed E-state index contributed by atoms with van der Waals surface area (Å²) in [5, 5.41) is 10.1. The van der Waals surface area contributed by atoms with Crippen LogP contribution in [-0.4, -0.2) is 83.4 Å². The molecule has 0 spiro atoms. The lowest BCUT2D eigenvalue weighted by molar-refractivity contribution is 0.0193. The number of nitrogens with zero attached hydrogens (tertiary/aromatic N) is 4. The van der Waals surface area contributed by atoms with Crippen molar-refractivity contribution in [1.82, 2.24) is 14.4 Å². The number of morpholine rings is 1. The maximum absolute atomic E-state index is 15.2. The Labute approximate surface area is 327 Å². The maximum Gasteiger partial charge on any atom is 0.264 e. The average Bonchev–Trinajstić information content (AvgIpc) is 3.61. The Bertz CT molecular complexity index is 2180. The lowest BCUT2D eigenvalue weighted by Crippen LogP contribution is -2.52. The quantitative estimate of drug-likeness (QED) is 0.187. The zero-order chi connectivity index (χ0) is 36.6. The number of amides is 2. The summed E-state index contributed by atoms with van der Waals surface area (Å²) in [6, 6.07) is 30.4. The summed E-state index contributed by atoms with van der Waals surface area (Å²) < 4.78 is 20.1. The van der Waals surface area contributed by atoms with E-state index in [9.17, 15) is 9.90 Å². The lowest BCUT2D eigenvalue weighted by atomic mass is 9.92. The summed E-state index contributed by atoms with van der Waals surface area (Å²) >= 11 is 0. The van der Waals surface area contributed by atoms with Crippen LogP contribution in [0.25, 0.3) is 11.3 Å². The molecule has 11 heteroatoms. The van der Waals surface area contributed by atoms with Gasteiger partial charge in [-0.1, -0.05) is 42.5 Å². The number of para-hydroxylation sites is 1. The van der Waals surface area contributed by atoms with Crippen molar-refractivity contribution in [3.05, 3.63) is 125 Å². The molecule has 1 fully saturated rings. The van der Waals surface area contributed by atoms with E-state index in [1.807, 2.05) is 59.5 Å². The maximum atomic E-state index is 15.2. The van der Waals surface area contributed by atoms with Gasteiger partial charge in [0.05, 0.1) is 24.3 Å². The molecule has 1 atom stereocenters. The molecule has 2 amide bonds. The highest BCUT2D eigenvalue weighted by molar-refractivity contribution is 6.12. The number of benzene rings is 4. The first-order valence-corrected chi connectivity index (χ1v) is 19.0. The Morgan fingerprint density at radius 3 is 2.20 bits per heavy atom. The smallest absolute Gasteiger partial charge is 0.264 e. The molecule has 1 saturated heterocycles. The van der Waals surface area contributed by atoms with Gasteiger partial charge in [-0.15, -0.1) is 12.4 Å². The van der Waals surface area contributed by atoms with Crippen molar-refractivity contribution in [3.8, 4) is 28.5 Å². The molecule has 5 heterocycles. The third-order valence-electron chi connectivity index (χ3n) is 11.2. The molecule has 0 saturated carbocycles. The third-order valence-corrected chi connectivity index (χ3v) is 11.2. The van der Waals surface area contributed by atoms with E-state index in [0.29, 0.717) is 61.3 Å². The van der Waals surface area contributed by atoms with Crippen molar-refractivity contribution < 1.29 is 28.9 Å². The number of hydrogen-bond acceptors (Lipinski definition) is 7. The van der Waals surface area contributed by atoms with Gasteiger partial charge in [0.2, 0.25) is 0 Å². The van der Waals surface area contributed by atoms with E-state index in [-0.39, 0.29) is 36.0 Å². The molecule has 5 aromatic rings. The van der Waals surface area contributed by atoms with Gasteiger partial charge in [0.1, 0.15) is 19.0 Å². The summed E-state index contributed by atoms with van der Waals surface area (Å²) in [5.74, 6) is 1.04. The predicted octanol–water partition coefficient (Wildman–Crippen LogP) is 7.27. The van der Waals surface area contributed by atoms with E-state index in [1.54, 1.807) is 29.2 Å². The van der Waals surface area contributed by atoms with Gasteiger partial charge in [-0.25, -0.2) is 0 Å². The Morgan fingerprint density at radius 1 is 0.745 bits per heavy atom. The van der Waals surface area contributed by atoms with Gasteiger partial charge in [0, 0.05) is 67.1 Å².